The first-order chi connectivity index (χ1) is 18.5. The van der Waals surface area contributed by atoms with E-state index in [1.165, 1.54) is 17.2 Å². The molecule has 208 valence electrons. The Balaban J connectivity index is 1.41. The van der Waals surface area contributed by atoms with Gasteiger partial charge in [-0.3, -0.25) is 14.5 Å². The molecule has 2 amide bonds. The molecular weight excluding hydrogens is 565 g/mol. The van der Waals surface area contributed by atoms with Crippen LogP contribution < -0.4 is 15.6 Å². The number of carbonyl (C=O) groups is 3. The Morgan fingerprint density at radius 3 is 2.79 bits per heavy atom. The molecule has 0 radical (unpaired) electrons. The molecule has 5 heterocycles. The summed E-state index contributed by atoms with van der Waals surface area (Å²) < 4.78 is 43.7. The molecule has 0 bridgehead atoms. The largest absolute Gasteiger partial charge is 0.485 e. The van der Waals surface area contributed by atoms with E-state index in [0.29, 0.717) is 31.6 Å². The maximum absolute atomic E-state index is 13.8. The van der Waals surface area contributed by atoms with Gasteiger partial charge >= 0.3 is 18.0 Å². The van der Waals surface area contributed by atoms with E-state index in [9.17, 15) is 32.7 Å². The highest BCUT2D eigenvalue weighted by molar-refractivity contribution is 8.00. The maximum atomic E-state index is 13.8. The topological polar surface area (TPSA) is 169 Å². The summed E-state index contributed by atoms with van der Waals surface area (Å²) in [5.74, 6) is -3.70. The van der Waals surface area contributed by atoms with Crippen LogP contribution in [0.25, 0.3) is 0 Å². The lowest BCUT2D eigenvalue weighted by Crippen LogP contribution is -2.71. The number of carbonyl (C=O) groups excluding carboxylic acids is 2. The molecule has 0 aliphatic carbocycles. The fourth-order valence-corrected chi connectivity index (χ4v) is 6.63. The number of thioether (sulfide) groups is 1. The third kappa shape index (κ3) is 4.81. The number of alkyl halides is 3. The summed E-state index contributed by atoms with van der Waals surface area (Å²) in [6.07, 6.45) is -3.02. The number of halogens is 3. The molecule has 0 saturated carbocycles. The van der Waals surface area contributed by atoms with Crippen molar-refractivity contribution in [2.75, 3.05) is 18.6 Å². The number of nitrogens with one attached hydrogen (secondary N) is 1. The van der Waals surface area contributed by atoms with E-state index in [2.05, 4.69) is 20.6 Å². The number of oxime groups is 1. The van der Waals surface area contributed by atoms with Gasteiger partial charge in [0.05, 0.1) is 11.6 Å². The molecule has 2 atom stereocenters. The Kier molecular flexibility index (Phi) is 7.00. The minimum absolute atomic E-state index is 0.0268. The summed E-state index contributed by atoms with van der Waals surface area (Å²) in [5.41, 5.74) is 5.26. The van der Waals surface area contributed by atoms with Crippen LogP contribution in [-0.2, 0) is 44.9 Å². The van der Waals surface area contributed by atoms with Gasteiger partial charge in [-0.25, -0.2) is 14.3 Å². The van der Waals surface area contributed by atoms with Gasteiger partial charge in [-0.1, -0.05) is 5.16 Å². The van der Waals surface area contributed by atoms with Crippen LogP contribution in [-0.4, -0.2) is 72.5 Å². The Hall–Kier alpha value is -3.67. The van der Waals surface area contributed by atoms with Gasteiger partial charge in [0.2, 0.25) is 5.82 Å². The number of hydrogen-bond acceptors (Lipinski definition) is 10. The summed E-state index contributed by atoms with van der Waals surface area (Å²) in [6, 6.07) is -1.10. The van der Waals surface area contributed by atoms with E-state index in [0.717, 1.165) is 32.6 Å². The number of β-lactam (4-membered cyclic amide) rings is 1. The number of aromatic nitrogens is 4. The number of carboxylic acids is 1. The number of aryl methyl sites for hydroxylation is 1. The Morgan fingerprint density at radius 2 is 2.15 bits per heavy atom. The molecule has 3 aliphatic rings. The number of rotatable bonds is 7. The average Bonchev–Trinajstić information content (AvgIpc) is 3.48. The van der Waals surface area contributed by atoms with Crippen molar-refractivity contribution in [2.24, 2.45) is 5.16 Å². The number of anilines is 1. The predicted octanol–water partition coefficient (Wildman–Crippen LogP) is 0.354. The number of nitrogens with two attached hydrogens (primary N) is 1. The molecule has 0 spiro atoms. The van der Waals surface area contributed by atoms with Gasteiger partial charge in [-0.2, -0.15) is 13.2 Å². The first-order valence-electron chi connectivity index (χ1n) is 11.6. The molecule has 13 nitrogen and oxygen atoms in total. The predicted molar refractivity (Wildman–Crippen MR) is 130 cm³/mol. The number of carboxylic acid groups (broad SMARTS) is 1. The van der Waals surface area contributed by atoms with E-state index in [-0.39, 0.29) is 34.4 Å². The highest BCUT2D eigenvalue weighted by Gasteiger charge is 2.55. The van der Waals surface area contributed by atoms with Gasteiger partial charge in [0.15, 0.2) is 10.8 Å². The van der Waals surface area contributed by atoms with Crippen LogP contribution in [0.5, 0.6) is 0 Å². The van der Waals surface area contributed by atoms with Crippen molar-refractivity contribution in [1.82, 2.24) is 25.0 Å². The van der Waals surface area contributed by atoms with Crippen LogP contribution in [0.1, 0.15) is 30.2 Å². The second-order valence-electron chi connectivity index (χ2n) is 8.82. The molecule has 2 aromatic heterocycles. The number of thiazole rings is 1. The summed E-state index contributed by atoms with van der Waals surface area (Å²) in [4.78, 5) is 47.9. The first-order valence-corrected chi connectivity index (χ1v) is 13.5. The van der Waals surface area contributed by atoms with Crippen molar-refractivity contribution >= 4 is 51.7 Å². The molecule has 3 aliphatic heterocycles. The van der Waals surface area contributed by atoms with E-state index < -0.39 is 46.9 Å². The summed E-state index contributed by atoms with van der Waals surface area (Å²) in [6.45, 7) is -0.0524. The summed E-state index contributed by atoms with van der Waals surface area (Å²) in [5, 5.41) is 20.8. The average molecular weight is 588 g/mol. The van der Waals surface area contributed by atoms with E-state index in [4.69, 9.17) is 10.6 Å². The van der Waals surface area contributed by atoms with Crippen LogP contribution in [0.3, 0.4) is 0 Å². The quantitative estimate of drug-likeness (QED) is 0.179. The summed E-state index contributed by atoms with van der Waals surface area (Å²) >= 11 is 2.21. The normalized spacial score (nSPS) is 21.3. The maximum Gasteiger partial charge on any atom is 0.485 e. The van der Waals surface area contributed by atoms with Crippen LogP contribution >= 0.6 is 23.1 Å². The van der Waals surface area contributed by atoms with Crippen molar-refractivity contribution in [3.63, 3.8) is 0 Å². The molecule has 2 aromatic rings. The highest BCUT2D eigenvalue weighted by Crippen LogP contribution is 2.41. The molecular formula is C21H22F3N8O5S2+. The van der Waals surface area contributed by atoms with Crippen LogP contribution in [0, 0.1) is 0 Å². The zero-order valence-corrected chi connectivity index (χ0v) is 21.9. The fourth-order valence-electron chi connectivity index (χ4n) is 4.75. The smallest absolute Gasteiger partial charge is 0.477 e. The van der Waals surface area contributed by atoms with Crippen LogP contribution in [0.15, 0.2) is 21.8 Å². The second kappa shape index (κ2) is 10.1. The lowest BCUT2D eigenvalue weighted by atomic mass is 10.0. The number of amides is 2. The van der Waals surface area contributed by atoms with Crippen LogP contribution in [0.4, 0.5) is 18.3 Å². The first kappa shape index (κ1) is 26.9. The van der Waals surface area contributed by atoms with Crippen LogP contribution in [0.2, 0.25) is 0 Å². The number of hydrogen-bond donors (Lipinski definition) is 3. The second-order valence-corrected chi connectivity index (χ2v) is 10.8. The summed E-state index contributed by atoms with van der Waals surface area (Å²) in [7, 11) is 1.22. The zero-order chi connectivity index (χ0) is 28.1. The van der Waals surface area contributed by atoms with E-state index in [1.54, 1.807) is 0 Å². The zero-order valence-electron chi connectivity index (χ0n) is 20.3. The molecule has 1 fully saturated rings. The van der Waals surface area contributed by atoms with Gasteiger partial charge in [-0.05, 0) is 12.8 Å². The standard InChI is InChI=1S/C21H21F3N8O5S2/c1-37-29-12(10-8-39-20(25)26-10)15(33)27-13-16(34)32-14(18(35)36)9(7-38-17(13)32)6-30-11-4-2-3-5-31(11)28-19(30)21(22,23)24/h8,13,17H,2-7H2,1H3,(H3-,25,26,27,33,35,36)/p+1/b29-12-/t13-,17-/m1/s1. The van der Waals surface area contributed by atoms with Gasteiger partial charge in [-0.15, -0.1) is 27.8 Å². The third-order valence-electron chi connectivity index (χ3n) is 6.40. The van der Waals surface area contributed by atoms with Crippen molar-refractivity contribution in [3.8, 4) is 0 Å². The van der Waals surface area contributed by atoms with Gasteiger partial charge in [0.1, 0.15) is 36.5 Å². The Bertz CT molecular complexity index is 1420. The molecule has 4 N–H and O–H groups in total. The third-order valence-corrected chi connectivity index (χ3v) is 8.42. The number of aliphatic carboxylic acids is 1. The van der Waals surface area contributed by atoms with Crippen molar-refractivity contribution < 1.29 is 42.1 Å². The molecule has 1 saturated heterocycles. The lowest BCUT2D eigenvalue weighted by molar-refractivity contribution is -0.715. The SMILES string of the molecule is CO/N=C(\C(=O)N[C@@H]1C(=O)N2C(C(=O)O)=C(C[n+]3c(C(F)(F)F)nn4c3CCCC4)CS[C@H]12)c1csc(N)n1. The van der Waals surface area contributed by atoms with Crippen molar-refractivity contribution in [1.29, 1.82) is 0 Å². The molecule has 39 heavy (non-hydrogen) atoms. The number of nitrogens with zero attached hydrogens (tertiary/aromatic N) is 6. The fraction of sp³-hybridized carbons (Fsp3) is 0.476. The van der Waals surface area contributed by atoms with Gasteiger partial charge < -0.3 is 21.0 Å². The molecule has 0 unspecified atom stereocenters. The lowest BCUT2D eigenvalue weighted by Gasteiger charge is -2.49. The number of nitrogen functional groups attached to an aromatic ring is 1. The Morgan fingerprint density at radius 1 is 1.38 bits per heavy atom. The monoisotopic (exact) mass is 587 g/mol. The highest BCUT2D eigenvalue weighted by atomic mass is 32.2. The molecule has 18 heteroatoms. The van der Waals surface area contributed by atoms with Crippen molar-refractivity contribution in [3.05, 3.63) is 34.0 Å². The van der Waals surface area contributed by atoms with E-state index >= 15 is 0 Å². The molecule has 0 aromatic carbocycles. The minimum atomic E-state index is -4.75. The van der Waals surface area contributed by atoms with Crippen molar-refractivity contribution in [2.45, 2.75) is 49.9 Å². The minimum Gasteiger partial charge on any atom is -0.477 e. The Labute approximate surface area is 226 Å². The van der Waals surface area contributed by atoms with E-state index in [1.807, 2.05) is 0 Å². The molecule has 5 rings (SSSR count). The number of fused-ring (bicyclic) bond motifs is 2. The van der Waals surface area contributed by atoms with Gasteiger partial charge in [0, 0.05) is 23.1 Å². The van der Waals surface area contributed by atoms with Gasteiger partial charge in [0.25, 0.3) is 11.8 Å².